The molecule has 0 saturated carbocycles. The van der Waals surface area contributed by atoms with Crippen LogP contribution < -0.4 is 5.73 Å². The highest BCUT2D eigenvalue weighted by atomic mass is 19.1. The Hall–Kier alpha value is -2.31. The van der Waals surface area contributed by atoms with Crippen LogP contribution in [0.5, 0.6) is 0 Å². The summed E-state index contributed by atoms with van der Waals surface area (Å²) >= 11 is 0. The van der Waals surface area contributed by atoms with E-state index >= 15 is 0 Å². The minimum atomic E-state index is -1.39. The molecule has 2 aromatic rings. The van der Waals surface area contributed by atoms with Crippen LogP contribution in [0.15, 0.2) is 48.5 Å². The van der Waals surface area contributed by atoms with Crippen LogP contribution in [0.2, 0.25) is 0 Å². The fraction of sp³-hybridized carbons (Fsp3) is 0.409. The number of aliphatic hydroxyl groups is 1. The van der Waals surface area contributed by atoms with Gasteiger partial charge in [-0.25, -0.2) is 8.78 Å². The number of hydrogen-bond donors (Lipinski definition) is 2. The lowest BCUT2D eigenvalue weighted by atomic mass is 9.87. The molecule has 1 aliphatic rings. The Morgan fingerprint density at radius 2 is 1.46 bits per heavy atom. The van der Waals surface area contributed by atoms with Crippen molar-refractivity contribution in [3.63, 3.8) is 0 Å². The van der Waals surface area contributed by atoms with Gasteiger partial charge < -0.3 is 15.7 Å². The van der Waals surface area contributed by atoms with Crippen LogP contribution in [0.3, 0.4) is 0 Å². The number of rotatable bonds is 7. The second kappa shape index (κ2) is 8.80. The topological polar surface area (TPSA) is 66.6 Å². The smallest absolute Gasteiger partial charge is 0.249 e. The average Bonchev–Trinajstić information content (AvgIpc) is 2.68. The summed E-state index contributed by atoms with van der Waals surface area (Å²) in [5.41, 5.74) is 5.88. The van der Waals surface area contributed by atoms with Crippen molar-refractivity contribution in [2.75, 3.05) is 19.6 Å². The molecule has 0 unspecified atom stereocenters. The van der Waals surface area contributed by atoms with E-state index in [0.717, 1.165) is 30.5 Å². The lowest BCUT2D eigenvalue weighted by Gasteiger charge is -2.36. The van der Waals surface area contributed by atoms with Crippen LogP contribution in [0, 0.1) is 11.6 Å². The maximum Gasteiger partial charge on any atom is 0.249 e. The van der Waals surface area contributed by atoms with Crippen molar-refractivity contribution in [2.24, 2.45) is 5.73 Å². The summed E-state index contributed by atoms with van der Waals surface area (Å²) in [5, 5.41) is 10.2. The fourth-order valence-electron chi connectivity index (χ4n) is 3.83. The maximum absolute atomic E-state index is 13.3. The molecule has 0 radical (unpaired) electrons. The van der Waals surface area contributed by atoms with Crippen LogP contribution in [0.4, 0.5) is 8.78 Å². The molecule has 1 saturated heterocycles. The zero-order valence-corrected chi connectivity index (χ0v) is 15.8. The number of amides is 1. The molecule has 1 heterocycles. The summed E-state index contributed by atoms with van der Waals surface area (Å²) in [7, 11) is 0. The minimum absolute atomic E-state index is 0.0496. The third-order valence-electron chi connectivity index (χ3n) is 5.65. The highest BCUT2D eigenvalue weighted by Gasteiger charge is 2.37. The molecular weight excluding hydrogens is 362 g/mol. The van der Waals surface area contributed by atoms with Gasteiger partial charge in [-0.05, 0) is 67.6 Å². The van der Waals surface area contributed by atoms with Crippen molar-refractivity contribution in [2.45, 2.75) is 37.2 Å². The van der Waals surface area contributed by atoms with Crippen LogP contribution in [-0.4, -0.2) is 41.1 Å². The zero-order valence-electron chi connectivity index (χ0n) is 15.8. The number of halogens is 2. The molecule has 28 heavy (non-hydrogen) atoms. The van der Waals surface area contributed by atoms with Crippen molar-refractivity contribution in [1.82, 2.24) is 4.90 Å². The molecule has 150 valence electrons. The SMILES string of the molecule is NC(=O)C1(O)CCN(CCCC(c2ccc(F)cc2)c2ccc(F)cc2)CC1. The number of benzene rings is 2. The Morgan fingerprint density at radius 1 is 1.00 bits per heavy atom. The molecule has 0 spiro atoms. The molecular formula is C22H26F2N2O2. The average molecular weight is 388 g/mol. The largest absolute Gasteiger partial charge is 0.380 e. The molecule has 1 fully saturated rings. The first-order chi connectivity index (χ1) is 13.4. The Morgan fingerprint density at radius 3 is 1.89 bits per heavy atom. The quantitative estimate of drug-likeness (QED) is 0.766. The Balaban J connectivity index is 1.62. The second-order valence-corrected chi connectivity index (χ2v) is 7.54. The van der Waals surface area contributed by atoms with Gasteiger partial charge >= 0.3 is 0 Å². The highest BCUT2D eigenvalue weighted by Crippen LogP contribution is 2.30. The third kappa shape index (κ3) is 4.94. The molecule has 4 nitrogen and oxygen atoms in total. The van der Waals surface area contributed by atoms with Gasteiger partial charge in [-0.2, -0.15) is 0 Å². The normalized spacial score (nSPS) is 17.0. The van der Waals surface area contributed by atoms with E-state index in [0.29, 0.717) is 25.9 Å². The second-order valence-electron chi connectivity index (χ2n) is 7.54. The number of likely N-dealkylation sites (tertiary alicyclic amines) is 1. The third-order valence-corrected chi connectivity index (χ3v) is 5.65. The van der Waals surface area contributed by atoms with Gasteiger partial charge in [0.05, 0.1) is 0 Å². The maximum atomic E-state index is 13.3. The predicted octanol–water partition coefficient (Wildman–Crippen LogP) is 3.19. The molecule has 1 aliphatic heterocycles. The van der Waals surface area contributed by atoms with E-state index in [1.807, 2.05) is 0 Å². The van der Waals surface area contributed by atoms with E-state index in [1.165, 1.54) is 24.3 Å². The monoisotopic (exact) mass is 388 g/mol. The number of primary amides is 1. The van der Waals surface area contributed by atoms with Gasteiger partial charge in [0.1, 0.15) is 17.2 Å². The highest BCUT2D eigenvalue weighted by molar-refractivity contribution is 5.83. The van der Waals surface area contributed by atoms with Crippen LogP contribution in [0.25, 0.3) is 0 Å². The molecule has 0 aromatic heterocycles. The molecule has 0 atom stereocenters. The number of carbonyl (C=O) groups is 1. The van der Waals surface area contributed by atoms with Gasteiger partial charge in [0.15, 0.2) is 0 Å². The summed E-state index contributed by atoms with van der Waals surface area (Å²) in [6.07, 6.45) is 2.41. The van der Waals surface area contributed by atoms with Crippen molar-refractivity contribution >= 4 is 5.91 Å². The number of hydrogen-bond acceptors (Lipinski definition) is 3. The van der Waals surface area contributed by atoms with Gasteiger partial charge in [-0.15, -0.1) is 0 Å². The molecule has 6 heteroatoms. The van der Waals surface area contributed by atoms with Gasteiger partial charge in [-0.3, -0.25) is 4.79 Å². The summed E-state index contributed by atoms with van der Waals surface area (Å²) in [6, 6.07) is 12.9. The van der Waals surface area contributed by atoms with Crippen molar-refractivity contribution in [1.29, 1.82) is 0 Å². The standard InChI is InChI=1S/C22H26F2N2O2/c23-18-7-3-16(4-8-18)20(17-5-9-19(24)10-6-17)2-1-13-26-14-11-22(28,12-15-26)21(25)27/h3-10,20,28H,1-2,11-15H2,(H2,25,27). The van der Waals surface area contributed by atoms with Crippen molar-refractivity contribution in [3.05, 3.63) is 71.3 Å². The van der Waals surface area contributed by atoms with Crippen molar-refractivity contribution in [3.8, 4) is 0 Å². The summed E-state index contributed by atoms with van der Waals surface area (Å²) in [5.74, 6) is -1.16. The minimum Gasteiger partial charge on any atom is -0.380 e. The predicted molar refractivity (Wildman–Crippen MR) is 104 cm³/mol. The van der Waals surface area contributed by atoms with Gasteiger partial charge in [0.2, 0.25) is 5.91 Å². The molecule has 3 rings (SSSR count). The van der Waals surface area contributed by atoms with E-state index in [-0.39, 0.29) is 17.6 Å². The first-order valence-electron chi connectivity index (χ1n) is 9.63. The zero-order chi connectivity index (χ0) is 20.1. The van der Waals surface area contributed by atoms with E-state index in [9.17, 15) is 18.7 Å². The Labute approximate surface area is 164 Å². The molecule has 0 aliphatic carbocycles. The van der Waals surface area contributed by atoms with Gasteiger partial charge in [-0.1, -0.05) is 24.3 Å². The van der Waals surface area contributed by atoms with E-state index in [1.54, 1.807) is 24.3 Å². The molecule has 0 bridgehead atoms. The Bertz CT molecular complexity index is 740. The molecule has 2 aromatic carbocycles. The first kappa shape index (κ1) is 20.4. The number of carbonyl (C=O) groups excluding carboxylic acids is 1. The fourth-order valence-corrected chi connectivity index (χ4v) is 3.83. The number of piperidine rings is 1. The van der Waals surface area contributed by atoms with E-state index < -0.39 is 11.5 Å². The first-order valence-corrected chi connectivity index (χ1v) is 9.63. The van der Waals surface area contributed by atoms with Crippen LogP contribution in [-0.2, 0) is 4.79 Å². The lowest BCUT2D eigenvalue weighted by molar-refractivity contribution is -0.141. The van der Waals surface area contributed by atoms with Gasteiger partial charge in [0, 0.05) is 19.0 Å². The number of nitrogens with zero attached hydrogens (tertiary/aromatic N) is 1. The van der Waals surface area contributed by atoms with E-state index in [4.69, 9.17) is 5.73 Å². The molecule has 1 amide bonds. The lowest BCUT2D eigenvalue weighted by Crippen LogP contribution is -2.52. The number of nitrogens with two attached hydrogens (primary N) is 1. The van der Waals surface area contributed by atoms with E-state index in [2.05, 4.69) is 4.90 Å². The summed E-state index contributed by atoms with van der Waals surface area (Å²) < 4.78 is 26.6. The summed E-state index contributed by atoms with van der Waals surface area (Å²) in [4.78, 5) is 13.6. The Kier molecular flexibility index (Phi) is 6.42. The van der Waals surface area contributed by atoms with Gasteiger partial charge in [0.25, 0.3) is 0 Å². The van der Waals surface area contributed by atoms with Crippen LogP contribution in [0.1, 0.15) is 42.7 Å². The summed E-state index contributed by atoms with van der Waals surface area (Å²) in [6.45, 7) is 2.07. The molecule has 3 N–H and O–H groups in total. The van der Waals surface area contributed by atoms with Crippen LogP contribution >= 0.6 is 0 Å². The van der Waals surface area contributed by atoms with Crippen molar-refractivity contribution < 1.29 is 18.7 Å².